The molecule has 154 valence electrons. The first-order valence-corrected chi connectivity index (χ1v) is 13.0. The molecule has 0 atom stereocenters. The first-order chi connectivity index (χ1) is 14.6. The highest BCUT2D eigenvalue weighted by Gasteiger charge is 2.16. The van der Waals surface area contributed by atoms with Crippen LogP contribution in [0.2, 0.25) is 0 Å². The summed E-state index contributed by atoms with van der Waals surface area (Å²) in [6, 6.07) is 13.9. The number of benzene rings is 1. The van der Waals surface area contributed by atoms with Crippen LogP contribution in [0, 0.1) is 13.8 Å². The molecule has 30 heavy (non-hydrogen) atoms. The highest BCUT2D eigenvalue weighted by molar-refractivity contribution is 7.27. The number of rotatable bonds is 6. The second-order valence-corrected chi connectivity index (χ2v) is 12.1. The number of thiophene rings is 4. The zero-order valence-corrected chi connectivity index (χ0v) is 20.6. The van der Waals surface area contributed by atoms with Gasteiger partial charge in [-0.15, -0.1) is 45.3 Å². The third-order valence-corrected chi connectivity index (χ3v) is 9.81. The topological polar surface area (TPSA) is 18.5 Å². The zero-order chi connectivity index (χ0) is 20.8. The highest BCUT2D eigenvalue weighted by Crippen LogP contribution is 2.44. The average molecular weight is 471 g/mol. The van der Waals surface area contributed by atoms with Gasteiger partial charge in [0.2, 0.25) is 0 Å². The fourth-order valence-corrected chi connectivity index (χ4v) is 8.37. The van der Waals surface area contributed by atoms with E-state index in [1.54, 1.807) is 14.2 Å². The number of aryl methyl sites for hydroxylation is 2. The van der Waals surface area contributed by atoms with Crippen molar-refractivity contribution in [2.75, 3.05) is 14.2 Å². The van der Waals surface area contributed by atoms with Crippen molar-refractivity contribution in [3.63, 3.8) is 0 Å². The van der Waals surface area contributed by atoms with Crippen LogP contribution in [0.4, 0.5) is 0 Å². The summed E-state index contributed by atoms with van der Waals surface area (Å²) in [6.07, 6.45) is 0. The summed E-state index contributed by atoms with van der Waals surface area (Å²) in [7, 11) is 3.53. The third-order valence-electron chi connectivity index (χ3n) is 5.07. The maximum absolute atomic E-state index is 5.42. The molecule has 0 N–H and O–H groups in total. The Morgan fingerprint density at radius 3 is 1.43 bits per heavy atom. The van der Waals surface area contributed by atoms with E-state index in [-0.39, 0.29) is 0 Å². The largest absolute Gasteiger partial charge is 0.380 e. The van der Waals surface area contributed by atoms with E-state index in [4.69, 9.17) is 9.47 Å². The van der Waals surface area contributed by atoms with E-state index < -0.39 is 0 Å². The molecule has 0 amide bonds. The summed E-state index contributed by atoms with van der Waals surface area (Å²) in [5.41, 5.74) is 2.57. The Morgan fingerprint density at radius 2 is 1.03 bits per heavy atom. The second-order valence-electron chi connectivity index (χ2n) is 7.44. The van der Waals surface area contributed by atoms with E-state index >= 15 is 0 Å². The molecule has 0 aliphatic rings. The molecule has 2 nitrogen and oxygen atoms in total. The summed E-state index contributed by atoms with van der Waals surface area (Å²) < 4.78 is 13.5. The van der Waals surface area contributed by atoms with Gasteiger partial charge in [-0.25, -0.2) is 0 Å². The second kappa shape index (κ2) is 8.19. The van der Waals surface area contributed by atoms with Crippen LogP contribution < -0.4 is 0 Å². The lowest BCUT2D eigenvalue weighted by Crippen LogP contribution is -1.85. The van der Waals surface area contributed by atoms with Gasteiger partial charge in [0.25, 0.3) is 0 Å². The standard InChI is InChI=1S/C24H22O2S4/c1-13-5-17(11-25-3)23(27-13)21-9-15-7-20-16(8-19(15)29-21)10-22(30-20)24-18(12-26-4)6-14(2)28-24/h5-10H,11-12H2,1-4H3. The van der Waals surface area contributed by atoms with Crippen molar-refractivity contribution < 1.29 is 9.47 Å². The van der Waals surface area contributed by atoms with Gasteiger partial charge in [0.15, 0.2) is 0 Å². The zero-order valence-electron chi connectivity index (χ0n) is 17.3. The molecular formula is C24H22O2S4. The fourth-order valence-electron chi connectivity index (χ4n) is 3.87. The quantitative estimate of drug-likeness (QED) is 0.248. The highest BCUT2D eigenvalue weighted by atomic mass is 32.1. The Balaban J connectivity index is 1.58. The minimum absolute atomic E-state index is 0.663. The molecule has 5 aromatic rings. The number of hydrogen-bond acceptors (Lipinski definition) is 6. The number of methoxy groups -OCH3 is 2. The fraction of sp³-hybridized carbons (Fsp3) is 0.250. The molecule has 0 bridgehead atoms. The van der Waals surface area contributed by atoms with Crippen molar-refractivity contribution >= 4 is 65.5 Å². The maximum atomic E-state index is 5.42. The molecule has 0 radical (unpaired) electrons. The summed E-state index contributed by atoms with van der Waals surface area (Å²) in [5, 5.41) is 2.65. The Hall–Kier alpha value is -1.54. The van der Waals surface area contributed by atoms with E-state index in [9.17, 15) is 0 Å². The molecule has 4 heterocycles. The normalized spacial score (nSPS) is 11.9. The molecule has 0 aliphatic carbocycles. The van der Waals surface area contributed by atoms with Crippen LogP contribution in [0.1, 0.15) is 20.9 Å². The summed E-state index contributed by atoms with van der Waals surface area (Å²) >= 11 is 7.48. The minimum Gasteiger partial charge on any atom is -0.380 e. The Kier molecular flexibility index (Phi) is 5.56. The molecule has 1 aromatic carbocycles. The van der Waals surface area contributed by atoms with Crippen LogP contribution in [-0.4, -0.2) is 14.2 Å². The minimum atomic E-state index is 0.663. The van der Waals surface area contributed by atoms with Crippen LogP contribution in [0.25, 0.3) is 39.7 Å². The molecule has 0 fully saturated rings. The van der Waals surface area contributed by atoms with Crippen LogP contribution >= 0.6 is 45.3 Å². The summed E-state index contributed by atoms with van der Waals surface area (Å²) in [6.45, 7) is 5.66. The van der Waals surface area contributed by atoms with Gasteiger partial charge in [-0.05, 0) is 72.1 Å². The maximum Gasteiger partial charge on any atom is 0.0727 e. The third kappa shape index (κ3) is 3.66. The van der Waals surface area contributed by atoms with Gasteiger partial charge in [0, 0.05) is 43.1 Å². The summed E-state index contributed by atoms with van der Waals surface area (Å²) in [5.74, 6) is 0. The molecule has 0 unspecified atom stereocenters. The lowest BCUT2D eigenvalue weighted by molar-refractivity contribution is 0.185. The van der Waals surface area contributed by atoms with Gasteiger partial charge in [-0.1, -0.05) is 0 Å². The van der Waals surface area contributed by atoms with E-state index in [0.29, 0.717) is 13.2 Å². The lowest BCUT2D eigenvalue weighted by Gasteiger charge is -1.99. The van der Waals surface area contributed by atoms with Crippen LogP contribution in [0.5, 0.6) is 0 Å². The predicted octanol–water partition coefficient (Wildman–Crippen LogP) is 8.48. The first kappa shape index (κ1) is 20.4. The number of hydrogen-bond donors (Lipinski definition) is 0. The Labute approximate surface area is 192 Å². The molecule has 0 aliphatic heterocycles. The van der Waals surface area contributed by atoms with Gasteiger partial charge < -0.3 is 9.47 Å². The van der Waals surface area contributed by atoms with Crippen LogP contribution in [0.3, 0.4) is 0 Å². The van der Waals surface area contributed by atoms with Crippen molar-refractivity contribution in [1.82, 2.24) is 0 Å². The van der Waals surface area contributed by atoms with Crippen molar-refractivity contribution in [2.45, 2.75) is 27.1 Å². The first-order valence-electron chi connectivity index (χ1n) is 9.70. The summed E-state index contributed by atoms with van der Waals surface area (Å²) in [4.78, 5) is 8.03. The van der Waals surface area contributed by atoms with Gasteiger partial charge in [0.05, 0.1) is 23.0 Å². The van der Waals surface area contributed by atoms with Gasteiger partial charge in [0.1, 0.15) is 0 Å². The number of ether oxygens (including phenoxy) is 2. The molecule has 5 rings (SSSR count). The van der Waals surface area contributed by atoms with Gasteiger partial charge in [-0.3, -0.25) is 0 Å². The molecular weight excluding hydrogens is 449 g/mol. The molecule has 4 aromatic heterocycles. The average Bonchev–Trinajstić information content (AvgIpc) is 3.45. The van der Waals surface area contributed by atoms with E-state index in [1.807, 2.05) is 45.3 Å². The van der Waals surface area contributed by atoms with Crippen molar-refractivity contribution in [2.24, 2.45) is 0 Å². The van der Waals surface area contributed by atoms with Gasteiger partial charge in [-0.2, -0.15) is 0 Å². The molecule has 0 saturated carbocycles. The van der Waals surface area contributed by atoms with E-state index in [0.717, 1.165) is 0 Å². The van der Waals surface area contributed by atoms with E-state index in [1.165, 1.54) is 60.6 Å². The smallest absolute Gasteiger partial charge is 0.0727 e. The van der Waals surface area contributed by atoms with Crippen LogP contribution in [0.15, 0.2) is 36.4 Å². The van der Waals surface area contributed by atoms with Crippen molar-refractivity contribution in [3.8, 4) is 19.5 Å². The number of fused-ring (bicyclic) bond motifs is 2. The SMILES string of the molecule is COCc1cc(C)sc1-c1cc2cc3sc(-c4sc(C)cc4COC)cc3cc2s1. The van der Waals surface area contributed by atoms with Gasteiger partial charge >= 0.3 is 0 Å². The Morgan fingerprint density at radius 1 is 0.600 bits per heavy atom. The molecule has 0 spiro atoms. The monoisotopic (exact) mass is 470 g/mol. The molecule has 0 saturated heterocycles. The van der Waals surface area contributed by atoms with Crippen molar-refractivity contribution in [3.05, 3.63) is 57.3 Å². The lowest BCUT2D eigenvalue weighted by atomic mass is 10.1. The predicted molar refractivity (Wildman–Crippen MR) is 135 cm³/mol. The van der Waals surface area contributed by atoms with Crippen molar-refractivity contribution in [1.29, 1.82) is 0 Å². The van der Waals surface area contributed by atoms with E-state index in [2.05, 4.69) is 50.2 Å². The van der Waals surface area contributed by atoms with Crippen LogP contribution in [-0.2, 0) is 22.7 Å². The Bertz CT molecular complexity index is 1200. The molecule has 6 heteroatoms.